The summed E-state index contributed by atoms with van der Waals surface area (Å²) in [6.07, 6.45) is 2.14. The van der Waals surface area contributed by atoms with Gasteiger partial charge in [-0.15, -0.1) is 0 Å². The van der Waals surface area contributed by atoms with Crippen molar-refractivity contribution in [3.05, 3.63) is 34.6 Å². The molecule has 1 saturated carbocycles. The van der Waals surface area contributed by atoms with Crippen LogP contribution in [0.5, 0.6) is 0 Å². The molecule has 3 rings (SSSR count). The van der Waals surface area contributed by atoms with Gasteiger partial charge in [0.15, 0.2) is 5.16 Å². The van der Waals surface area contributed by atoms with Crippen molar-refractivity contribution in [2.75, 3.05) is 5.75 Å². The van der Waals surface area contributed by atoms with E-state index in [0.717, 1.165) is 12.8 Å². The molecular formula is C16H19N3O2S. The summed E-state index contributed by atoms with van der Waals surface area (Å²) < 4.78 is 1.66. The molecule has 1 N–H and O–H groups in total. The molecule has 116 valence electrons. The molecule has 0 unspecified atom stereocenters. The number of benzene rings is 1. The van der Waals surface area contributed by atoms with E-state index in [1.54, 1.807) is 10.6 Å². The van der Waals surface area contributed by atoms with Crippen LogP contribution in [-0.4, -0.2) is 27.3 Å². The second kappa shape index (κ2) is 6.12. The molecule has 1 heterocycles. The molecule has 0 radical (unpaired) electrons. The lowest BCUT2D eigenvalue weighted by molar-refractivity contribution is -0.118. The number of carbonyl (C=O) groups is 1. The maximum absolute atomic E-state index is 12.6. The average molecular weight is 317 g/mol. The molecule has 0 aliphatic heterocycles. The van der Waals surface area contributed by atoms with Crippen molar-refractivity contribution >= 4 is 28.6 Å². The van der Waals surface area contributed by atoms with Crippen molar-refractivity contribution in [2.45, 2.75) is 43.9 Å². The number of carbonyl (C=O) groups excluding carboxylic acids is 1. The van der Waals surface area contributed by atoms with Crippen molar-refractivity contribution in [1.29, 1.82) is 0 Å². The highest BCUT2D eigenvalue weighted by atomic mass is 32.2. The first-order valence-electron chi connectivity index (χ1n) is 7.49. The molecule has 0 bridgehead atoms. The van der Waals surface area contributed by atoms with Gasteiger partial charge in [-0.2, -0.15) is 0 Å². The Bertz CT molecular complexity index is 766. The van der Waals surface area contributed by atoms with Crippen LogP contribution in [0.3, 0.4) is 0 Å². The molecule has 6 heteroatoms. The zero-order valence-electron chi connectivity index (χ0n) is 12.7. The molecule has 0 saturated heterocycles. The number of nitrogens with one attached hydrogen (secondary N) is 1. The van der Waals surface area contributed by atoms with E-state index in [9.17, 15) is 9.59 Å². The Morgan fingerprint density at radius 2 is 2.14 bits per heavy atom. The Hall–Kier alpha value is -1.82. The van der Waals surface area contributed by atoms with Gasteiger partial charge in [0.2, 0.25) is 5.91 Å². The number of amides is 1. The minimum absolute atomic E-state index is 0.00130. The summed E-state index contributed by atoms with van der Waals surface area (Å²) in [6, 6.07) is 7.67. The summed E-state index contributed by atoms with van der Waals surface area (Å²) >= 11 is 1.32. The fourth-order valence-electron chi connectivity index (χ4n) is 2.31. The molecule has 1 amide bonds. The van der Waals surface area contributed by atoms with E-state index in [-0.39, 0.29) is 23.3 Å². The third-order valence-corrected chi connectivity index (χ3v) is 4.52. The van der Waals surface area contributed by atoms with Gasteiger partial charge in [0, 0.05) is 12.1 Å². The van der Waals surface area contributed by atoms with Crippen LogP contribution in [-0.2, 0) is 4.79 Å². The molecule has 2 aromatic rings. The summed E-state index contributed by atoms with van der Waals surface area (Å²) in [6.45, 7) is 3.90. The SMILES string of the molecule is CC(C)n1c(SCC(=O)NC2CC2)nc2ccccc2c1=O. The zero-order valence-corrected chi connectivity index (χ0v) is 13.5. The predicted molar refractivity (Wildman–Crippen MR) is 88.3 cm³/mol. The van der Waals surface area contributed by atoms with Crippen LogP contribution in [0.15, 0.2) is 34.2 Å². The van der Waals surface area contributed by atoms with Crippen LogP contribution in [0.4, 0.5) is 0 Å². The van der Waals surface area contributed by atoms with E-state index in [2.05, 4.69) is 10.3 Å². The second-order valence-electron chi connectivity index (χ2n) is 5.81. The smallest absolute Gasteiger partial charge is 0.262 e. The van der Waals surface area contributed by atoms with E-state index < -0.39 is 0 Å². The summed E-state index contributed by atoms with van der Waals surface area (Å²) in [5.41, 5.74) is 0.625. The fraction of sp³-hybridized carbons (Fsp3) is 0.438. The van der Waals surface area contributed by atoms with Gasteiger partial charge in [-0.25, -0.2) is 4.98 Å². The van der Waals surface area contributed by atoms with Crippen molar-refractivity contribution in [1.82, 2.24) is 14.9 Å². The van der Waals surface area contributed by atoms with Gasteiger partial charge in [0.1, 0.15) is 0 Å². The standard InChI is InChI=1S/C16H19N3O2S/c1-10(2)19-15(21)12-5-3-4-6-13(12)18-16(19)22-9-14(20)17-11-7-8-11/h3-6,10-11H,7-9H2,1-2H3,(H,17,20). The second-order valence-corrected chi connectivity index (χ2v) is 6.75. The number of hydrogen-bond donors (Lipinski definition) is 1. The first kappa shape index (κ1) is 15.1. The Balaban J connectivity index is 1.91. The molecule has 1 fully saturated rings. The topological polar surface area (TPSA) is 64.0 Å². The Morgan fingerprint density at radius 1 is 1.41 bits per heavy atom. The highest BCUT2D eigenvalue weighted by molar-refractivity contribution is 7.99. The van der Waals surface area contributed by atoms with Crippen LogP contribution in [0.1, 0.15) is 32.7 Å². The molecular weight excluding hydrogens is 298 g/mol. The van der Waals surface area contributed by atoms with Crippen molar-refractivity contribution in [3.8, 4) is 0 Å². The highest BCUT2D eigenvalue weighted by Gasteiger charge is 2.23. The Kier molecular flexibility index (Phi) is 4.20. The van der Waals surface area contributed by atoms with E-state index in [1.165, 1.54) is 11.8 Å². The third kappa shape index (κ3) is 3.16. The number of nitrogens with zero attached hydrogens (tertiary/aromatic N) is 2. The van der Waals surface area contributed by atoms with Gasteiger partial charge >= 0.3 is 0 Å². The minimum atomic E-state index is -0.0503. The van der Waals surface area contributed by atoms with Gasteiger partial charge in [0.05, 0.1) is 16.7 Å². The lowest BCUT2D eigenvalue weighted by Gasteiger charge is -2.16. The van der Waals surface area contributed by atoms with Gasteiger partial charge in [0.25, 0.3) is 5.56 Å². The molecule has 1 aliphatic rings. The van der Waals surface area contributed by atoms with Crippen molar-refractivity contribution in [2.24, 2.45) is 0 Å². The van der Waals surface area contributed by atoms with Gasteiger partial charge in [-0.1, -0.05) is 23.9 Å². The summed E-state index contributed by atoms with van der Waals surface area (Å²) in [4.78, 5) is 29.1. The molecule has 0 atom stereocenters. The quantitative estimate of drug-likeness (QED) is 0.679. The fourth-order valence-corrected chi connectivity index (χ4v) is 3.25. The number of hydrogen-bond acceptors (Lipinski definition) is 4. The lowest BCUT2D eigenvalue weighted by Crippen LogP contribution is -2.28. The van der Waals surface area contributed by atoms with Crippen LogP contribution in [0.25, 0.3) is 10.9 Å². The number of thioether (sulfide) groups is 1. The third-order valence-electron chi connectivity index (χ3n) is 3.57. The van der Waals surface area contributed by atoms with E-state index in [4.69, 9.17) is 0 Å². The highest BCUT2D eigenvalue weighted by Crippen LogP contribution is 2.22. The van der Waals surface area contributed by atoms with Gasteiger partial charge in [-0.3, -0.25) is 14.2 Å². The van der Waals surface area contributed by atoms with Crippen molar-refractivity contribution in [3.63, 3.8) is 0 Å². The molecule has 1 aromatic carbocycles. The Labute approximate surface area is 133 Å². The van der Waals surface area contributed by atoms with E-state index in [0.29, 0.717) is 22.1 Å². The number of rotatable bonds is 5. The Morgan fingerprint density at radius 3 is 2.82 bits per heavy atom. The predicted octanol–water partition coefficient (Wildman–Crippen LogP) is 2.35. The number of aromatic nitrogens is 2. The van der Waals surface area contributed by atoms with Crippen LogP contribution in [0.2, 0.25) is 0 Å². The summed E-state index contributed by atoms with van der Waals surface area (Å²) in [5.74, 6) is 0.291. The van der Waals surface area contributed by atoms with Crippen molar-refractivity contribution < 1.29 is 4.79 Å². The van der Waals surface area contributed by atoms with Crippen LogP contribution in [0, 0.1) is 0 Å². The maximum Gasteiger partial charge on any atom is 0.262 e. The largest absolute Gasteiger partial charge is 0.353 e. The summed E-state index contributed by atoms with van der Waals surface area (Å²) in [5, 5.41) is 4.17. The minimum Gasteiger partial charge on any atom is -0.353 e. The molecule has 22 heavy (non-hydrogen) atoms. The molecule has 1 aliphatic carbocycles. The maximum atomic E-state index is 12.6. The van der Waals surface area contributed by atoms with Gasteiger partial charge in [-0.05, 0) is 38.8 Å². The molecule has 1 aromatic heterocycles. The molecule has 0 spiro atoms. The number of para-hydroxylation sites is 1. The van der Waals surface area contributed by atoms with Crippen LogP contribution >= 0.6 is 11.8 Å². The lowest BCUT2D eigenvalue weighted by atomic mass is 10.2. The van der Waals surface area contributed by atoms with E-state index >= 15 is 0 Å². The van der Waals surface area contributed by atoms with E-state index in [1.807, 2.05) is 32.0 Å². The number of fused-ring (bicyclic) bond motifs is 1. The monoisotopic (exact) mass is 317 g/mol. The first-order chi connectivity index (χ1) is 10.6. The normalized spacial score (nSPS) is 14.5. The molecule has 5 nitrogen and oxygen atoms in total. The zero-order chi connectivity index (χ0) is 15.7. The van der Waals surface area contributed by atoms with Crippen LogP contribution < -0.4 is 10.9 Å². The van der Waals surface area contributed by atoms with Gasteiger partial charge < -0.3 is 5.32 Å². The average Bonchev–Trinajstić information content (AvgIpc) is 3.28. The summed E-state index contributed by atoms with van der Waals surface area (Å²) in [7, 11) is 0. The first-order valence-corrected chi connectivity index (χ1v) is 8.48.